The van der Waals surface area contributed by atoms with Crippen molar-refractivity contribution in [3.63, 3.8) is 0 Å². The van der Waals surface area contributed by atoms with Gasteiger partial charge in [0.05, 0.1) is 27.7 Å². The van der Waals surface area contributed by atoms with Crippen molar-refractivity contribution in [1.82, 2.24) is 19.5 Å². The first-order chi connectivity index (χ1) is 16.0. The third kappa shape index (κ3) is 4.62. The number of benzene rings is 2. The zero-order valence-electron chi connectivity index (χ0n) is 19.4. The summed E-state index contributed by atoms with van der Waals surface area (Å²) in [6.45, 7) is 4.80. The topological polar surface area (TPSA) is 95.4 Å². The van der Waals surface area contributed by atoms with Gasteiger partial charge >= 0.3 is 0 Å². The third-order valence-electron chi connectivity index (χ3n) is 5.20. The molecule has 0 spiro atoms. The summed E-state index contributed by atoms with van der Waals surface area (Å²) in [5.41, 5.74) is 3.31. The van der Waals surface area contributed by atoms with Gasteiger partial charge in [0.25, 0.3) is 0 Å². The van der Waals surface area contributed by atoms with Crippen LogP contribution in [0.3, 0.4) is 0 Å². The molecule has 33 heavy (non-hydrogen) atoms. The predicted molar refractivity (Wildman–Crippen MR) is 129 cm³/mol. The first-order valence-corrected chi connectivity index (χ1v) is 10.6. The molecule has 0 radical (unpaired) electrons. The van der Waals surface area contributed by atoms with Gasteiger partial charge in [-0.2, -0.15) is 9.97 Å². The second-order valence-electron chi connectivity index (χ2n) is 7.69. The van der Waals surface area contributed by atoms with E-state index >= 15 is 0 Å². The Labute approximate surface area is 192 Å². The van der Waals surface area contributed by atoms with E-state index in [9.17, 15) is 0 Å². The Kier molecular flexibility index (Phi) is 6.48. The lowest BCUT2D eigenvalue weighted by molar-refractivity contribution is 0.324. The lowest BCUT2D eigenvalue weighted by Gasteiger charge is -2.15. The fraction of sp³-hybridized carbons (Fsp3) is 0.292. The van der Waals surface area contributed by atoms with Crippen LogP contribution in [-0.2, 0) is 6.54 Å². The number of methoxy groups -OCH3 is 3. The second kappa shape index (κ2) is 9.64. The molecule has 0 atom stereocenters. The standard InChI is InChI=1S/C24H28N6O3/c1-15(2)30-14-26-20-22(25-13-16-9-7-6-8-10-16)28-24(29-23(20)30)27-17-11-18(31-3)21(33-5)19(12-17)32-4/h6-12,14-15H,13H2,1-5H3,(H2,25,27,28,29). The lowest BCUT2D eigenvalue weighted by atomic mass is 10.2. The van der Waals surface area contributed by atoms with Crippen LogP contribution in [0.25, 0.3) is 11.2 Å². The van der Waals surface area contributed by atoms with E-state index in [4.69, 9.17) is 24.2 Å². The Morgan fingerprint density at radius 3 is 2.24 bits per heavy atom. The summed E-state index contributed by atoms with van der Waals surface area (Å²) in [5, 5.41) is 6.68. The highest BCUT2D eigenvalue weighted by atomic mass is 16.5. The molecule has 0 saturated heterocycles. The van der Waals surface area contributed by atoms with Crippen molar-refractivity contribution < 1.29 is 14.2 Å². The Balaban J connectivity index is 1.73. The molecular formula is C24H28N6O3. The lowest BCUT2D eigenvalue weighted by Crippen LogP contribution is -2.08. The van der Waals surface area contributed by atoms with Crippen molar-refractivity contribution in [1.29, 1.82) is 0 Å². The molecule has 0 aliphatic carbocycles. The largest absolute Gasteiger partial charge is 0.493 e. The minimum Gasteiger partial charge on any atom is -0.493 e. The van der Waals surface area contributed by atoms with Crippen LogP contribution >= 0.6 is 0 Å². The molecule has 172 valence electrons. The molecule has 9 nitrogen and oxygen atoms in total. The van der Waals surface area contributed by atoms with Gasteiger partial charge in [-0.3, -0.25) is 0 Å². The highest BCUT2D eigenvalue weighted by Crippen LogP contribution is 2.40. The molecule has 4 rings (SSSR count). The molecule has 2 heterocycles. The maximum atomic E-state index is 5.46. The van der Waals surface area contributed by atoms with Crippen LogP contribution < -0.4 is 24.8 Å². The number of rotatable bonds is 9. The van der Waals surface area contributed by atoms with Crippen LogP contribution in [0, 0.1) is 0 Å². The molecule has 0 amide bonds. The van der Waals surface area contributed by atoms with Crippen molar-refractivity contribution in [2.24, 2.45) is 0 Å². The number of hydrogen-bond acceptors (Lipinski definition) is 8. The summed E-state index contributed by atoms with van der Waals surface area (Å²) < 4.78 is 18.4. The van der Waals surface area contributed by atoms with Gasteiger partial charge in [-0.25, -0.2) is 4.98 Å². The smallest absolute Gasteiger partial charge is 0.231 e. The quantitative estimate of drug-likeness (QED) is 0.377. The highest BCUT2D eigenvalue weighted by molar-refractivity contribution is 5.85. The second-order valence-corrected chi connectivity index (χ2v) is 7.69. The molecule has 4 aromatic rings. The zero-order chi connectivity index (χ0) is 23.4. The summed E-state index contributed by atoms with van der Waals surface area (Å²) in [4.78, 5) is 14.0. The van der Waals surface area contributed by atoms with E-state index in [1.165, 1.54) is 0 Å². The van der Waals surface area contributed by atoms with Gasteiger partial charge in [0.15, 0.2) is 28.5 Å². The first kappa shape index (κ1) is 22.2. The molecule has 9 heteroatoms. The van der Waals surface area contributed by atoms with E-state index in [0.717, 1.165) is 16.7 Å². The summed E-state index contributed by atoms with van der Waals surface area (Å²) in [5.74, 6) is 2.67. The molecular weight excluding hydrogens is 420 g/mol. The average molecular weight is 449 g/mol. The summed E-state index contributed by atoms with van der Waals surface area (Å²) in [7, 11) is 4.73. The van der Waals surface area contributed by atoms with Crippen molar-refractivity contribution in [3.8, 4) is 17.2 Å². The Hall–Kier alpha value is -4.01. The Morgan fingerprint density at radius 1 is 0.939 bits per heavy atom. The number of aromatic nitrogens is 4. The Morgan fingerprint density at radius 2 is 1.64 bits per heavy atom. The Bertz CT molecular complexity index is 1210. The van der Waals surface area contributed by atoms with Gasteiger partial charge in [0, 0.05) is 30.4 Å². The van der Waals surface area contributed by atoms with Crippen LogP contribution in [0.1, 0.15) is 25.5 Å². The van der Waals surface area contributed by atoms with Gasteiger partial charge in [-0.15, -0.1) is 0 Å². The fourth-order valence-electron chi connectivity index (χ4n) is 3.54. The maximum Gasteiger partial charge on any atom is 0.231 e. The number of nitrogens with one attached hydrogen (secondary N) is 2. The van der Waals surface area contributed by atoms with Crippen LogP contribution in [-0.4, -0.2) is 40.8 Å². The maximum absolute atomic E-state index is 5.46. The molecule has 0 unspecified atom stereocenters. The van der Waals surface area contributed by atoms with E-state index in [0.29, 0.717) is 41.2 Å². The van der Waals surface area contributed by atoms with Gasteiger partial charge < -0.3 is 29.4 Å². The molecule has 0 fully saturated rings. The number of fused-ring (bicyclic) bond motifs is 1. The van der Waals surface area contributed by atoms with Gasteiger partial charge in [0.1, 0.15) is 0 Å². The molecule has 0 aliphatic rings. The van der Waals surface area contributed by atoms with Crippen LogP contribution in [0.4, 0.5) is 17.5 Å². The minimum absolute atomic E-state index is 0.195. The van der Waals surface area contributed by atoms with E-state index in [-0.39, 0.29) is 6.04 Å². The minimum atomic E-state index is 0.195. The van der Waals surface area contributed by atoms with Crippen LogP contribution in [0.15, 0.2) is 48.8 Å². The predicted octanol–water partition coefficient (Wildman–Crippen LogP) is 4.79. The number of nitrogens with zero attached hydrogens (tertiary/aromatic N) is 4. The van der Waals surface area contributed by atoms with Crippen molar-refractivity contribution in [3.05, 3.63) is 54.4 Å². The van der Waals surface area contributed by atoms with Crippen molar-refractivity contribution >= 4 is 28.6 Å². The SMILES string of the molecule is COc1cc(Nc2nc(NCc3ccccc3)c3ncn(C(C)C)c3n2)cc(OC)c1OC. The van der Waals surface area contributed by atoms with E-state index in [1.54, 1.807) is 27.7 Å². The highest BCUT2D eigenvalue weighted by Gasteiger charge is 2.17. The summed E-state index contributed by atoms with van der Waals surface area (Å²) >= 11 is 0. The van der Waals surface area contributed by atoms with Gasteiger partial charge in [-0.05, 0) is 19.4 Å². The number of hydrogen-bond donors (Lipinski definition) is 2. The van der Waals surface area contributed by atoms with Crippen LogP contribution in [0.5, 0.6) is 17.2 Å². The first-order valence-electron chi connectivity index (χ1n) is 10.6. The third-order valence-corrected chi connectivity index (χ3v) is 5.20. The number of ether oxygens (including phenoxy) is 3. The summed E-state index contributed by atoms with van der Waals surface area (Å²) in [6.07, 6.45) is 1.79. The normalized spacial score (nSPS) is 11.0. The van der Waals surface area contributed by atoms with Gasteiger partial charge in [0.2, 0.25) is 11.7 Å². The van der Waals surface area contributed by atoms with Crippen molar-refractivity contribution in [2.45, 2.75) is 26.4 Å². The summed E-state index contributed by atoms with van der Waals surface area (Å²) in [6, 6.07) is 14.0. The zero-order valence-corrected chi connectivity index (χ0v) is 19.4. The van der Waals surface area contributed by atoms with Crippen LogP contribution in [0.2, 0.25) is 0 Å². The number of imidazole rings is 1. The van der Waals surface area contributed by atoms with E-state index in [1.807, 2.05) is 34.9 Å². The average Bonchev–Trinajstić information content (AvgIpc) is 3.27. The molecule has 2 aromatic heterocycles. The van der Waals surface area contributed by atoms with Gasteiger partial charge in [-0.1, -0.05) is 30.3 Å². The molecule has 2 aromatic carbocycles. The number of anilines is 3. The van der Waals surface area contributed by atoms with E-state index < -0.39 is 0 Å². The van der Waals surface area contributed by atoms with Crippen molar-refractivity contribution in [2.75, 3.05) is 32.0 Å². The monoisotopic (exact) mass is 448 g/mol. The fourth-order valence-corrected chi connectivity index (χ4v) is 3.54. The molecule has 0 aliphatic heterocycles. The molecule has 0 saturated carbocycles. The molecule has 0 bridgehead atoms. The van der Waals surface area contributed by atoms with E-state index in [2.05, 4.69) is 41.6 Å². The molecule has 2 N–H and O–H groups in total.